The molecule has 218 valence electrons. The molecule has 0 aromatic rings. The van der Waals surface area contributed by atoms with Gasteiger partial charge in [0, 0.05) is 6.54 Å². The number of guanidine groups is 1. The second-order valence-electron chi connectivity index (χ2n) is 10.7. The Hall–Kier alpha value is -3.58. The highest BCUT2D eigenvalue weighted by Gasteiger charge is 2.31. The SMILES string of the molecule is CC(C)CC(NC(=O)C(NC(=O)OC(C)(C)C)C(C)C)C(=O)NCC(=O)NC(CCCN=C(N)N)C(=O)O. The van der Waals surface area contributed by atoms with Crippen LogP contribution < -0.4 is 32.7 Å². The number of nitrogens with two attached hydrogens (primary N) is 2. The lowest BCUT2D eigenvalue weighted by Gasteiger charge is -2.27. The Morgan fingerprint density at radius 3 is 2.00 bits per heavy atom. The van der Waals surface area contributed by atoms with E-state index in [0.29, 0.717) is 6.42 Å². The molecule has 0 saturated carbocycles. The monoisotopic (exact) mass is 543 g/mol. The second-order valence-corrected chi connectivity index (χ2v) is 10.7. The number of rotatable bonds is 15. The summed E-state index contributed by atoms with van der Waals surface area (Å²) in [5, 5.41) is 19.3. The van der Waals surface area contributed by atoms with Crippen LogP contribution in [0.5, 0.6) is 0 Å². The van der Waals surface area contributed by atoms with Crippen LogP contribution in [0.15, 0.2) is 4.99 Å². The van der Waals surface area contributed by atoms with E-state index < -0.39 is 60.1 Å². The summed E-state index contributed by atoms with van der Waals surface area (Å²) in [5.74, 6) is -3.57. The largest absolute Gasteiger partial charge is 0.480 e. The molecular weight excluding hydrogens is 498 g/mol. The summed E-state index contributed by atoms with van der Waals surface area (Å²) in [6.45, 7) is 12.0. The number of alkyl carbamates (subject to hydrolysis) is 1. The zero-order valence-corrected chi connectivity index (χ0v) is 23.4. The van der Waals surface area contributed by atoms with Gasteiger partial charge in [-0.25, -0.2) is 9.59 Å². The highest BCUT2D eigenvalue weighted by atomic mass is 16.6. The Morgan fingerprint density at radius 2 is 1.53 bits per heavy atom. The first-order chi connectivity index (χ1) is 17.4. The van der Waals surface area contributed by atoms with Crippen molar-refractivity contribution in [3.63, 3.8) is 0 Å². The quantitative estimate of drug-likeness (QED) is 0.0823. The van der Waals surface area contributed by atoms with E-state index in [9.17, 15) is 29.1 Å². The van der Waals surface area contributed by atoms with E-state index in [4.69, 9.17) is 16.2 Å². The third kappa shape index (κ3) is 15.5. The standard InChI is InChI=1S/C24H45N7O7/c1-13(2)11-16(30-20(34)18(14(3)4)31-23(37)38-24(5,6)7)19(33)28-12-17(32)29-15(21(35)36)9-8-10-27-22(25)26/h13-16,18H,8-12H2,1-7H3,(H,28,33)(H,29,32)(H,30,34)(H,31,37)(H,35,36)(H4,25,26,27). The zero-order chi connectivity index (χ0) is 29.6. The molecule has 0 aromatic carbocycles. The van der Waals surface area contributed by atoms with Crippen LogP contribution in [0.3, 0.4) is 0 Å². The van der Waals surface area contributed by atoms with Crippen molar-refractivity contribution in [3.8, 4) is 0 Å². The number of carboxylic acids is 1. The molecular formula is C24H45N7O7. The smallest absolute Gasteiger partial charge is 0.408 e. The van der Waals surface area contributed by atoms with Crippen LogP contribution in [0.4, 0.5) is 4.79 Å². The zero-order valence-electron chi connectivity index (χ0n) is 23.4. The maximum absolute atomic E-state index is 13.0. The molecule has 0 aromatic heterocycles. The van der Waals surface area contributed by atoms with Crippen LogP contribution in [-0.2, 0) is 23.9 Å². The summed E-state index contributed by atoms with van der Waals surface area (Å²) in [4.78, 5) is 65.5. The predicted molar refractivity (Wildman–Crippen MR) is 142 cm³/mol. The molecule has 9 N–H and O–H groups in total. The molecule has 0 aliphatic rings. The van der Waals surface area contributed by atoms with Crippen LogP contribution in [0.1, 0.15) is 67.7 Å². The normalized spacial score (nSPS) is 13.6. The van der Waals surface area contributed by atoms with Crippen molar-refractivity contribution >= 4 is 35.7 Å². The Balaban J connectivity index is 5.16. The number of nitrogens with one attached hydrogen (secondary N) is 4. The number of carboxylic acid groups (broad SMARTS) is 1. The fourth-order valence-corrected chi connectivity index (χ4v) is 3.23. The molecule has 0 spiro atoms. The van der Waals surface area contributed by atoms with E-state index in [1.165, 1.54) is 0 Å². The van der Waals surface area contributed by atoms with Crippen molar-refractivity contribution in [2.45, 2.75) is 91.5 Å². The van der Waals surface area contributed by atoms with Crippen molar-refractivity contribution in [1.82, 2.24) is 21.3 Å². The lowest BCUT2D eigenvalue weighted by Crippen LogP contribution is -2.56. The topological polar surface area (TPSA) is 227 Å². The number of amides is 4. The average molecular weight is 544 g/mol. The van der Waals surface area contributed by atoms with Crippen LogP contribution in [0, 0.1) is 11.8 Å². The molecule has 0 heterocycles. The van der Waals surface area contributed by atoms with E-state index >= 15 is 0 Å². The molecule has 0 fully saturated rings. The summed E-state index contributed by atoms with van der Waals surface area (Å²) in [6.07, 6.45) is -0.102. The molecule has 0 radical (unpaired) electrons. The van der Waals surface area contributed by atoms with Gasteiger partial charge in [-0.15, -0.1) is 0 Å². The van der Waals surface area contributed by atoms with Gasteiger partial charge in [0.05, 0.1) is 6.54 Å². The Labute approximate surface area is 224 Å². The van der Waals surface area contributed by atoms with Gasteiger partial charge >= 0.3 is 12.1 Å². The molecule has 0 bridgehead atoms. The fraction of sp³-hybridized carbons (Fsp3) is 0.750. The second kappa shape index (κ2) is 16.3. The number of hydrogen-bond donors (Lipinski definition) is 7. The van der Waals surface area contributed by atoms with Gasteiger partial charge in [-0.1, -0.05) is 27.7 Å². The molecule has 3 unspecified atom stereocenters. The highest BCUT2D eigenvalue weighted by molar-refractivity contribution is 5.93. The molecule has 0 aliphatic carbocycles. The van der Waals surface area contributed by atoms with Gasteiger partial charge in [-0.2, -0.15) is 0 Å². The predicted octanol–water partition coefficient (Wildman–Crippen LogP) is -0.194. The van der Waals surface area contributed by atoms with Gasteiger partial charge < -0.3 is 42.6 Å². The minimum Gasteiger partial charge on any atom is -0.480 e. The van der Waals surface area contributed by atoms with Crippen LogP contribution >= 0.6 is 0 Å². The van der Waals surface area contributed by atoms with Crippen molar-refractivity contribution in [2.24, 2.45) is 28.3 Å². The first-order valence-corrected chi connectivity index (χ1v) is 12.6. The van der Waals surface area contributed by atoms with Crippen molar-refractivity contribution in [2.75, 3.05) is 13.1 Å². The number of ether oxygens (including phenoxy) is 1. The molecule has 3 atom stereocenters. The summed E-state index contributed by atoms with van der Waals surface area (Å²) in [6, 6.07) is -3.15. The first kappa shape index (κ1) is 34.4. The number of aliphatic carboxylic acids is 1. The average Bonchev–Trinajstić information content (AvgIpc) is 2.75. The summed E-state index contributed by atoms with van der Waals surface area (Å²) < 4.78 is 5.23. The Kier molecular flexibility index (Phi) is 14.8. The van der Waals surface area contributed by atoms with E-state index in [1.54, 1.807) is 34.6 Å². The molecule has 14 heteroatoms. The van der Waals surface area contributed by atoms with Crippen molar-refractivity contribution < 1.29 is 33.8 Å². The fourth-order valence-electron chi connectivity index (χ4n) is 3.23. The van der Waals surface area contributed by atoms with Gasteiger partial charge in [0.25, 0.3) is 0 Å². The molecule has 14 nitrogen and oxygen atoms in total. The Morgan fingerprint density at radius 1 is 0.921 bits per heavy atom. The van der Waals surface area contributed by atoms with E-state index in [2.05, 4.69) is 26.3 Å². The molecule has 38 heavy (non-hydrogen) atoms. The number of nitrogens with zero attached hydrogens (tertiary/aromatic N) is 1. The summed E-state index contributed by atoms with van der Waals surface area (Å²) in [5.41, 5.74) is 9.70. The summed E-state index contributed by atoms with van der Waals surface area (Å²) in [7, 11) is 0. The maximum atomic E-state index is 13.0. The maximum Gasteiger partial charge on any atom is 0.408 e. The number of carbonyl (C=O) groups excluding carboxylic acids is 4. The van der Waals surface area contributed by atoms with Gasteiger partial charge in [0.1, 0.15) is 23.7 Å². The molecule has 0 rings (SSSR count). The molecule has 0 saturated heterocycles. The van der Waals surface area contributed by atoms with Crippen LogP contribution in [0.2, 0.25) is 0 Å². The van der Waals surface area contributed by atoms with E-state index in [-0.39, 0.29) is 37.2 Å². The minimum atomic E-state index is -1.24. The van der Waals surface area contributed by atoms with Gasteiger partial charge in [-0.05, 0) is 51.9 Å². The minimum absolute atomic E-state index is 0.0119. The number of hydrogen-bond acceptors (Lipinski definition) is 7. The lowest BCUT2D eigenvalue weighted by atomic mass is 10.00. The third-order valence-corrected chi connectivity index (χ3v) is 4.96. The van der Waals surface area contributed by atoms with Gasteiger partial charge in [-0.3, -0.25) is 19.4 Å². The Bertz CT molecular complexity index is 850. The first-order valence-electron chi connectivity index (χ1n) is 12.6. The van der Waals surface area contributed by atoms with Gasteiger partial charge in [0.2, 0.25) is 17.7 Å². The van der Waals surface area contributed by atoms with Gasteiger partial charge in [0.15, 0.2) is 5.96 Å². The van der Waals surface area contributed by atoms with Crippen molar-refractivity contribution in [3.05, 3.63) is 0 Å². The van der Waals surface area contributed by atoms with Crippen LogP contribution in [-0.4, -0.2) is 77.7 Å². The summed E-state index contributed by atoms with van der Waals surface area (Å²) >= 11 is 0. The lowest BCUT2D eigenvalue weighted by molar-refractivity contribution is -0.142. The number of aliphatic imine (C=N–C) groups is 1. The molecule has 4 amide bonds. The highest BCUT2D eigenvalue weighted by Crippen LogP contribution is 2.11. The number of carbonyl (C=O) groups is 5. The van der Waals surface area contributed by atoms with Crippen molar-refractivity contribution in [1.29, 1.82) is 0 Å². The van der Waals surface area contributed by atoms with E-state index in [1.807, 2.05) is 13.8 Å². The molecule has 0 aliphatic heterocycles. The van der Waals surface area contributed by atoms with Crippen LogP contribution in [0.25, 0.3) is 0 Å². The van der Waals surface area contributed by atoms with E-state index in [0.717, 1.165) is 0 Å². The third-order valence-electron chi connectivity index (χ3n) is 4.96.